The van der Waals surface area contributed by atoms with Crippen molar-refractivity contribution in [1.29, 1.82) is 0 Å². The van der Waals surface area contributed by atoms with E-state index in [0.717, 1.165) is 0 Å². The molecule has 0 aliphatic rings. The molecule has 3 heteroatoms. The topological polar surface area (TPSA) is 9.23 Å². The lowest BCUT2D eigenvalue weighted by Crippen LogP contribution is -2.69. The molecule has 0 amide bonds. The van der Waals surface area contributed by atoms with Crippen LogP contribution in [0.15, 0.2) is 60.7 Å². The van der Waals surface area contributed by atoms with Crippen molar-refractivity contribution in [3.63, 3.8) is 0 Å². The molecule has 1 nitrogen and oxygen atoms in total. The Hall–Kier alpha value is -1.17. The summed E-state index contributed by atoms with van der Waals surface area (Å²) in [6, 6.07) is 22.7. The molecule has 0 heterocycles. The Morgan fingerprint density at radius 1 is 0.516 bits per heavy atom. The highest BCUT2D eigenvalue weighted by molar-refractivity contribution is 7.01. The first-order valence-electron chi connectivity index (χ1n) is 12.7. The molecule has 0 radical (unpaired) electrons. The summed E-state index contributed by atoms with van der Waals surface area (Å²) >= 11 is 0. The van der Waals surface area contributed by atoms with Crippen LogP contribution in [-0.4, -0.2) is 16.6 Å². The van der Waals surface area contributed by atoms with E-state index in [1.165, 1.54) is 36.1 Å². The van der Waals surface area contributed by atoms with E-state index in [4.69, 9.17) is 4.12 Å². The van der Waals surface area contributed by atoms with Gasteiger partial charge in [0.25, 0.3) is 0 Å². The van der Waals surface area contributed by atoms with Gasteiger partial charge in [-0.3, -0.25) is 0 Å². The van der Waals surface area contributed by atoms with Crippen molar-refractivity contribution >= 4 is 27.0 Å². The third kappa shape index (κ3) is 4.94. The second kappa shape index (κ2) is 11.6. The minimum Gasteiger partial charge on any atom is -0.448 e. The van der Waals surface area contributed by atoms with Gasteiger partial charge in [0, 0.05) is 0 Å². The molecule has 172 valence electrons. The van der Waals surface area contributed by atoms with Crippen LogP contribution in [-0.2, 0) is 4.12 Å². The Kier molecular flexibility index (Phi) is 9.78. The van der Waals surface area contributed by atoms with E-state index < -0.39 is 16.6 Å². The van der Waals surface area contributed by atoms with Crippen molar-refractivity contribution < 1.29 is 4.12 Å². The Balaban J connectivity index is 2.87. The molecule has 0 N–H and O–H groups in total. The van der Waals surface area contributed by atoms with Gasteiger partial charge >= 0.3 is 0 Å². The summed E-state index contributed by atoms with van der Waals surface area (Å²) in [5, 5.41) is 3.00. The lowest BCUT2D eigenvalue weighted by molar-refractivity contribution is 0.455. The summed E-state index contributed by atoms with van der Waals surface area (Å²) in [5.74, 6) is 0. The summed E-state index contributed by atoms with van der Waals surface area (Å²) < 4.78 is 8.09. The van der Waals surface area contributed by atoms with Crippen molar-refractivity contribution in [2.75, 3.05) is 0 Å². The normalized spacial score (nSPS) is 19.6. The average molecular weight is 455 g/mol. The largest absolute Gasteiger partial charge is 0.448 e. The predicted molar refractivity (Wildman–Crippen MR) is 144 cm³/mol. The molecule has 0 aromatic heterocycles. The van der Waals surface area contributed by atoms with Crippen LogP contribution in [0.25, 0.3) is 0 Å². The number of hydrogen-bond acceptors (Lipinski definition) is 1. The molecule has 2 rings (SSSR count). The molecule has 0 aliphatic carbocycles. The van der Waals surface area contributed by atoms with Gasteiger partial charge < -0.3 is 4.12 Å². The molecule has 0 aliphatic heterocycles. The maximum absolute atomic E-state index is 8.09. The van der Waals surface area contributed by atoms with Gasteiger partial charge in [-0.25, -0.2) is 0 Å². The maximum atomic E-state index is 8.09. The highest BCUT2D eigenvalue weighted by atomic mass is 28.4. The number of hydrogen-bond donors (Lipinski definition) is 0. The van der Waals surface area contributed by atoms with Crippen LogP contribution in [0.1, 0.15) is 81.1 Å². The molecule has 31 heavy (non-hydrogen) atoms. The van der Waals surface area contributed by atoms with Crippen LogP contribution in [0.5, 0.6) is 0 Å². The Labute approximate surface area is 194 Å². The maximum Gasteiger partial charge on any atom is 0.218 e. The fourth-order valence-electron chi connectivity index (χ4n) is 5.52. The van der Waals surface area contributed by atoms with Gasteiger partial charge in [-0.1, -0.05) is 142 Å². The molecule has 4 unspecified atom stereocenters. The van der Waals surface area contributed by atoms with Crippen molar-refractivity contribution in [2.45, 2.75) is 103 Å². The molecule has 2 aromatic carbocycles. The molecule has 0 fully saturated rings. The smallest absolute Gasteiger partial charge is 0.218 e. The summed E-state index contributed by atoms with van der Waals surface area (Å²) in [4.78, 5) is 0. The van der Waals surface area contributed by atoms with Crippen LogP contribution >= 0.6 is 0 Å². The van der Waals surface area contributed by atoms with E-state index in [0.29, 0.717) is 22.2 Å². The summed E-state index contributed by atoms with van der Waals surface area (Å²) in [6.45, 7) is 19.3. The van der Waals surface area contributed by atoms with Crippen molar-refractivity contribution in [2.24, 2.45) is 0 Å². The van der Waals surface area contributed by atoms with E-state index in [-0.39, 0.29) is 0 Å². The van der Waals surface area contributed by atoms with Gasteiger partial charge in [-0.2, -0.15) is 0 Å². The third-order valence-corrected chi connectivity index (χ3v) is 20.8. The first-order chi connectivity index (χ1) is 14.8. The van der Waals surface area contributed by atoms with E-state index in [2.05, 4.69) is 116 Å². The molecule has 0 saturated heterocycles. The second-order valence-electron chi connectivity index (χ2n) is 9.66. The minimum absolute atomic E-state index is 0.577. The van der Waals surface area contributed by atoms with E-state index in [1.807, 2.05) is 0 Å². The van der Waals surface area contributed by atoms with Crippen LogP contribution in [0, 0.1) is 0 Å². The van der Waals surface area contributed by atoms with Gasteiger partial charge in [-0.15, -0.1) is 0 Å². The number of rotatable bonds is 12. The summed E-state index contributed by atoms with van der Waals surface area (Å²) in [5.41, 5.74) is 2.31. The highest BCUT2D eigenvalue weighted by Crippen LogP contribution is 2.46. The zero-order valence-electron chi connectivity index (χ0n) is 21.3. The molecule has 2 aromatic rings. The van der Waals surface area contributed by atoms with Crippen LogP contribution in [0.3, 0.4) is 0 Å². The number of benzene rings is 2. The van der Waals surface area contributed by atoms with Gasteiger partial charge in [-0.05, 0) is 32.5 Å². The fourth-order valence-corrected chi connectivity index (χ4v) is 20.0. The molecule has 0 bridgehead atoms. The monoisotopic (exact) mass is 454 g/mol. The summed E-state index contributed by atoms with van der Waals surface area (Å²) in [6.07, 6.45) is 4.69. The van der Waals surface area contributed by atoms with Crippen molar-refractivity contribution in [1.82, 2.24) is 0 Å². The second-order valence-corrected chi connectivity index (χ2v) is 18.7. The van der Waals surface area contributed by atoms with Gasteiger partial charge in [0.2, 0.25) is 16.6 Å². The average Bonchev–Trinajstić information content (AvgIpc) is 2.84. The molecular weight excluding hydrogens is 408 g/mol. The van der Waals surface area contributed by atoms with E-state index in [1.54, 1.807) is 0 Å². The highest BCUT2D eigenvalue weighted by Gasteiger charge is 2.56. The van der Waals surface area contributed by atoms with Gasteiger partial charge in [0.1, 0.15) is 0 Å². The lowest BCUT2D eigenvalue weighted by atomic mass is 10.3. The van der Waals surface area contributed by atoms with Crippen molar-refractivity contribution in [3.05, 3.63) is 60.7 Å². The molecule has 0 saturated carbocycles. The standard InChI is InChI=1S/C28H46OSi2/c1-9-23(5)30(24(6)10-2,27-19-15-13-16-20-27)29-31(25(7)11-3,26(8)12-4)28-21-17-14-18-22-28/h13-26H,9-12H2,1-8H3. The lowest BCUT2D eigenvalue weighted by Gasteiger charge is -2.52. The Morgan fingerprint density at radius 3 is 1.00 bits per heavy atom. The van der Waals surface area contributed by atoms with E-state index in [9.17, 15) is 0 Å². The zero-order chi connectivity index (χ0) is 23.1. The quantitative estimate of drug-likeness (QED) is 0.296. The third-order valence-electron chi connectivity index (χ3n) is 8.17. The molecule has 0 spiro atoms. The first-order valence-corrected chi connectivity index (χ1v) is 16.8. The molecule has 4 atom stereocenters. The van der Waals surface area contributed by atoms with Crippen LogP contribution in [0.2, 0.25) is 22.2 Å². The van der Waals surface area contributed by atoms with Crippen LogP contribution < -0.4 is 10.4 Å². The van der Waals surface area contributed by atoms with Gasteiger partial charge in [0.05, 0.1) is 0 Å². The first kappa shape index (κ1) is 26.1. The van der Waals surface area contributed by atoms with E-state index >= 15 is 0 Å². The Bertz CT molecular complexity index is 676. The molecular formula is C28H46OSi2. The SMILES string of the molecule is CCC(C)[Si](O[Si](c1ccccc1)(C(C)CC)C(C)CC)(c1ccccc1)C(C)CC. The Morgan fingerprint density at radius 2 is 0.774 bits per heavy atom. The van der Waals surface area contributed by atoms with Gasteiger partial charge in [0.15, 0.2) is 0 Å². The fraction of sp³-hybridized carbons (Fsp3) is 0.571. The summed E-state index contributed by atoms with van der Waals surface area (Å²) in [7, 11) is -4.59. The van der Waals surface area contributed by atoms with Crippen molar-refractivity contribution in [3.8, 4) is 0 Å². The predicted octanol–water partition coefficient (Wildman–Crippen LogP) is 7.91. The minimum atomic E-state index is -2.29. The van der Waals surface area contributed by atoms with Crippen LogP contribution in [0.4, 0.5) is 0 Å². The zero-order valence-corrected chi connectivity index (χ0v) is 23.3.